The summed E-state index contributed by atoms with van der Waals surface area (Å²) in [5, 5.41) is 2.38. The summed E-state index contributed by atoms with van der Waals surface area (Å²) in [5.74, 6) is -0.567. The summed E-state index contributed by atoms with van der Waals surface area (Å²) in [6.45, 7) is 2.42. The first-order valence-corrected chi connectivity index (χ1v) is 13.3. The molecule has 4 aromatic rings. The molecule has 0 N–H and O–H groups in total. The molecule has 3 heterocycles. The highest BCUT2D eigenvalue weighted by Crippen LogP contribution is 2.30. The first kappa shape index (κ1) is 22.8. The van der Waals surface area contributed by atoms with Crippen LogP contribution in [0.25, 0.3) is 21.7 Å². The SMILES string of the molecule is O=C1c2cccc3cccc(c23)C(=O)N1CCN1CCN(S(=O)(=O)c2cccc3cccnc23)CC1. The highest BCUT2D eigenvalue weighted by Gasteiger charge is 2.34. The summed E-state index contributed by atoms with van der Waals surface area (Å²) >= 11 is 0. The van der Waals surface area contributed by atoms with Gasteiger partial charge in [0.1, 0.15) is 4.90 Å². The summed E-state index contributed by atoms with van der Waals surface area (Å²) in [6.07, 6.45) is 1.60. The number of rotatable bonds is 5. The zero-order valence-corrected chi connectivity index (χ0v) is 20.3. The second-order valence-electron chi connectivity index (χ2n) is 9.05. The van der Waals surface area contributed by atoms with Crippen molar-refractivity contribution in [1.82, 2.24) is 19.1 Å². The Morgan fingerprint density at radius 1 is 0.722 bits per heavy atom. The number of carbonyl (C=O) groups excluding carboxylic acids is 2. The molecule has 0 saturated carbocycles. The van der Waals surface area contributed by atoms with Gasteiger partial charge in [-0.15, -0.1) is 0 Å². The van der Waals surface area contributed by atoms with E-state index >= 15 is 0 Å². The molecule has 0 spiro atoms. The van der Waals surface area contributed by atoms with Crippen molar-refractivity contribution in [1.29, 1.82) is 0 Å². The lowest BCUT2D eigenvalue weighted by Gasteiger charge is -2.35. The maximum Gasteiger partial charge on any atom is 0.261 e. The van der Waals surface area contributed by atoms with E-state index in [4.69, 9.17) is 0 Å². The lowest BCUT2D eigenvalue weighted by Crippen LogP contribution is -2.51. The lowest BCUT2D eigenvalue weighted by atomic mass is 9.94. The monoisotopic (exact) mass is 500 g/mol. The molecule has 0 bridgehead atoms. The number of benzene rings is 3. The Morgan fingerprint density at radius 3 is 2.03 bits per heavy atom. The van der Waals surface area contributed by atoms with E-state index in [1.54, 1.807) is 36.5 Å². The number of piperazine rings is 1. The maximum atomic E-state index is 13.4. The van der Waals surface area contributed by atoms with Crippen LogP contribution in [0.2, 0.25) is 0 Å². The molecule has 2 aliphatic heterocycles. The third-order valence-corrected chi connectivity index (χ3v) is 8.97. The zero-order valence-electron chi connectivity index (χ0n) is 19.5. The van der Waals surface area contributed by atoms with Gasteiger partial charge >= 0.3 is 0 Å². The van der Waals surface area contributed by atoms with Gasteiger partial charge in [-0.3, -0.25) is 24.4 Å². The van der Waals surface area contributed by atoms with Gasteiger partial charge in [-0.05, 0) is 29.7 Å². The molecule has 1 aromatic heterocycles. The molecule has 0 unspecified atom stereocenters. The van der Waals surface area contributed by atoms with Crippen molar-refractivity contribution in [3.8, 4) is 0 Å². The lowest BCUT2D eigenvalue weighted by molar-refractivity contribution is 0.0584. The zero-order chi connectivity index (χ0) is 24.9. The second-order valence-corrected chi connectivity index (χ2v) is 11.0. The normalized spacial score (nSPS) is 17.3. The standard InChI is InChI=1S/C27H24N4O4S/c32-26-21-9-1-5-19-6-2-10-22(24(19)21)27(33)31(26)18-15-29-13-16-30(17-14-29)36(34,35)23-11-3-7-20-8-4-12-28-25(20)23/h1-12H,13-18H2. The number of hydrogen-bond acceptors (Lipinski definition) is 6. The summed E-state index contributed by atoms with van der Waals surface area (Å²) in [6, 6.07) is 19.8. The summed E-state index contributed by atoms with van der Waals surface area (Å²) < 4.78 is 28.2. The van der Waals surface area contributed by atoms with Crippen LogP contribution in [0, 0.1) is 0 Å². The molecule has 2 aliphatic rings. The van der Waals surface area contributed by atoms with Crippen LogP contribution in [0.3, 0.4) is 0 Å². The number of imide groups is 1. The average molecular weight is 501 g/mol. The first-order valence-electron chi connectivity index (χ1n) is 11.9. The molecule has 0 aliphatic carbocycles. The third-order valence-electron chi connectivity index (χ3n) is 7.04. The van der Waals surface area contributed by atoms with Crippen LogP contribution in [0.4, 0.5) is 0 Å². The van der Waals surface area contributed by atoms with Crippen LogP contribution >= 0.6 is 0 Å². The van der Waals surface area contributed by atoms with E-state index in [0.29, 0.717) is 54.8 Å². The Kier molecular flexibility index (Phi) is 5.55. The predicted molar refractivity (Wildman–Crippen MR) is 136 cm³/mol. The minimum Gasteiger partial charge on any atom is -0.299 e. The number of fused-ring (bicyclic) bond motifs is 1. The first-order chi connectivity index (χ1) is 17.4. The molecular weight excluding hydrogens is 476 g/mol. The number of para-hydroxylation sites is 1. The molecule has 1 saturated heterocycles. The van der Waals surface area contributed by atoms with Crippen molar-refractivity contribution in [3.63, 3.8) is 0 Å². The summed E-state index contributed by atoms with van der Waals surface area (Å²) in [7, 11) is -3.70. The fourth-order valence-corrected chi connectivity index (χ4v) is 6.73. The van der Waals surface area contributed by atoms with Crippen molar-refractivity contribution >= 4 is 43.5 Å². The fourth-order valence-electron chi connectivity index (χ4n) is 5.14. The molecular formula is C27H24N4O4S. The largest absolute Gasteiger partial charge is 0.299 e. The third kappa shape index (κ3) is 3.67. The van der Waals surface area contributed by atoms with Crippen LogP contribution in [-0.4, -0.2) is 78.6 Å². The Labute approximate surface area is 208 Å². The van der Waals surface area contributed by atoms with E-state index in [-0.39, 0.29) is 23.3 Å². The Hall–Kier alpha value is -3.66. The van der Waals surface area contributed by atoms with Gasteiger partial charge in [0.05, 0.1) is 5.52 Å². The number of carbonyl (C=O) groups is 2. The van der Waals surface area contributed by atoms with Gasteiger partial charge in [-0.25, -0.2) is 8.42 Å². The van der Waals surface area contributed by atoms with Crippen LogP contribution < -0.4 is 0 Å². The van der Waals surface area contributed by atoms with Gasteiger partial charge in [0.25, 0.3) is 11.8 Å². The molecule has 9 heteroatoms. The van der Waals surface area contributed by atoms with E-state index in [0.717, 1.165) is 10.8 Å². The minimum absolute atomic E-state index is 0.214. The minimum atomic E-state index is -3.70. The van der Waals surface area contributed by atoms with Crippen molar-refractivity contribution in [3.05, 3.63) is 84.1 Å². The average Bonchev–Trinajstić information content (AvgIpc) is 2.91. The molecule has 0 radical (unpaired) electrons. The Morgan fingerprint density at radius 2 is 1.33 bits per heavy atom. The van der Waals surface area contributed by atoms with Gasteiger partial charge in [0, 0.05) is 67.4 Å². The van der Waals surface area contributed by atoms with Gasteiger partial charge in [-0.2, -0.15) is 4.31 Å². The molecule has 2 amide bonds. The van der Waals surface area contributed by atoms with Gasteiger partial charge < -0.3 is 0 Å². The summed E-state index contributed by atoms with van der Waals surface area (Å²) in [4.78, 5) is 34.2. The van der Waals surface area contributed by atoms with Crippen LogP contribution in [0.1, 0.15) is 20.7 Å². The van der Waals surface area contributed by atoms with E-state index in [9.17, 15) is 18.0 Å². The smallest absolute Gasteiger partial charge is 0.261 e. The Bertz CT molecular complexity index is 1570. The highest BCUT2D eigenvalue weighted by atomic mass is 32.2. The second kappa shape index (κ2) is 8.77. The predicted octanol–water partition coefficient (Wildman–Crippen LogP) is 2.99. The molecule has 1 fully saturated rings. The molecule has 0 atom stereocenters. The van der Waals surface area contributed by atoms with E-state index < -0.39 is 10.0 Å². The summed E-state index contributed by atoms with van der Waals surface area (Å²) in [5.41, 5.74) is 1.56. The molecule has 8 nitrogen and oxygen atoms in total. The van der Waals surface area contributed by atoms with Crippen LogP contribution in [0.5, 0.6) is 0 Å². The maximum absolute atomic E-state index is 13.4. The van der Waals surface area contributed by atoms with Crippen molar-refractivity contribution in [2.24, 2.45) is 0 Å². The fraction of sp³-hybridized carbons (Fsp3) is 0.222. The molecule has 3 aromatic carbocycles. The Balaban J connectivity index is 1.14. The van der Waals surface area contributed by atoms with Gasteiger partial charge in [-0.1, -0.05) is 42.5 Å². The number of aromatic nitrogens is 1. The molecule has 6 rings (SSSR count). The topological polar surface area (TPSA) is 90.9 Å². The van der Waals surface area contributed by atoms with E-state index in [2.05, 4.69) is 9.88 Å². The van der Waals surface area contributed by atoms with Crippen molar-refractivity contribution < 1.29 is 18.0 Å². The van der Waals surface area contributed by atoms with Gasteiger partial charge in [0.15, 0.2) is 0 Å². The van der Waals surface area contributed by atoms with Crippen molar-refractivity contribution in [2.45, 2.75) is 4.90 Å². The van der Waals surface area contributed by atoms with E-state index in [1.807, 2.05) is 36.4 Å². The van der Waals surface area contributed by atoms with Gasteiger partial charge in [0.2, 0.25) is 10.0 Å². The quantitative estimate of drug-likeness (QED) is 0.392. The number of pyridine rings is 1. The number of hydrogen-bond donors (Lipinski definition) is 0. The highest BCUT2D eigenvalue weighted by molar-refractivity contribution is 7.89. The number of nitrogens with zero attached hydrogens (tertiary/aromatic N) is 4. The molecule has 182 valence electrons. The molecule has 36 heavy (non-hydrogen) atoms. The van der Waals surface area contributed by atoms with E-state index in [1.165, 1.54) is 9.21 Å². The van der Waals surface area contributed by atoms with Crippen molar-refractivity contribution in [2.75, 3.05) is 39.3 Å². The number of sulfonamides is 1. The van der Waals surface area contributed by atoms with Crippen LogP contribution in [-0.2, 0) is 10.0 Å². The van der Waals surface area contributed by atoms with Crippen LogP contribution in [0.15, 0.2) is 77.8 Å². The number of amides is 2.